The molecule has 0 radical (unpaired) electrons. The van der Waals surface area contributed by atoms with E-state index in [2.05, 4.69) is 74.7 Å². The molecule has 4 unspecified atom stereocenters. The van der Waals surface area contributed by atoms with Crippen LogP contribution >= 0.6 is 23.4 Å². The molecule has 0 bridgehead atoms. The fourth-order valence-electron chi connectivity index (χ4n) is 6.84. The number of hydrogen-bond acceptors (Lipinski definition) is 9. The number of amides is 5. The highest BCUT2D eigenvalue weighted by atomic mass is 32.2. The molecule has 6 N–H and O–H groups in total. The van der Waals surface area contributed by atoms with Gasteiger partial charge in [0.05, 0.1) is 10.9 Å². The smallest absolute Gasteiger partial charge is 0.315 e. The molecule has 12 nitrogen and oxygen atoms in total. The Bertz CT molecular complexity index is 1330. The van der Waals surface area contributed by atoms with Crippen molar-refractivity contribution in [3.63, 3.8) is 0 Å². The van der Waals surface area contributed by atoms with Crippen molar-refractivity contribution in [2.75, 3.05) is 19.6 Å². The largest absolute Gasteiger partial charge is 0.355 e. The van der Waals surface area contributed by atoms with Crippen molar-refractivity contribution >= 4 is 53.4 Å². The van der Waals surface area contributed by atoms with E-state index in [9.17, 15) is 28.5 Å². The summed E-state index contributed by atoms with van der Waals surface area (Å²) in [6, 6.07) is -0.695. The maximum Gasteiger partial charge on any atom is 0.315 e. The molecule has 2 heterocycles. The average molecular weight is 793 g/mol. The normalized spacial score (nSPS) is 19.3. The number of thiophene rings is 1. The highest BCUT2D eigenvalue weighted by Crippen LogP contribution is 2.40. The summed E-state index contributed by atoms with van der Waals surface area (Å²) in [5.74, 6) is -0.0567. The van der Waals surface area contributed by atoms with Crippen molar-refractivity contribution < 1.29 is 28.5 Å². The van der Waals surface area contributed by atoms with Gasteiger partial charge in [0.15, 0.2) is 5.78 Å². The number of rotatable bonds is 17. The predicted octanol–water partition coefficient (Wildman–Crippen LogP) is 6.66. The van der Waals surface area contributed by atoms with Crippen LogP contribution in [-0.2, 0) is 25.7 Å². The van der Waals surface area contributed by atoms with E-state index in [-0.39, 0.29) is 29.1 Å². The van der Waals surface area contributed by atoms with Gasteiger partial charge in [-0.2, -0.15) is 0 Å². The van der Waals surface area contributed by atoms with E-state index in [0.29, 0.717) is 57.8 Å². The minimum atomic E-state index is -0.773. The van der Waals surface area contributed by atoms with Gasteiger partial charge < -0.3 is 36.0 Å². The van der Waals surface area contributed by atoms with Gasteiger partial charge in [-0.3, -0.25) is 19.2 Å². The zero-order valence-corrected chi connectivity index (χ0v) is 35.4. The van der Waals surface area contributed by atoms with Crippen LogP contribution in [0.1, 0.15) is 124 Å². The van der Waals surface area contributed by atoms with Crippen molar-refractivity contribution in [2.45, 2.75) is 155 Å². The van der Waals surface area contributed by atoms with Gasteiger partial charge in [-0.1, -0.05) is 86.1 Å². The summed E-state index contributed by atoms with van der Waals surface area (Å²) >= 11 is 2.30. The van der Waals surface area contributed by atoms with E-state index >= 15 is 0 Å². The van der Waals surface area contributed by atoms with Gasteiger partial charge in [-0.25, -0.2) is 4.79 Å². The Morgan fingerprint density at radius 1 is 1.07 bits per heavy atom. The van der Waals surface area contributed by atoms with E-state index in [1.54, 1.807) is 22.3 Å². The van der Waals surface area contributed by atoms with E-state index in [1.165, 1.54) is 13.3 Å². The first-order valence-corrected chi connectivity index (χ1v) is 21.4. The number of ketones is 1. The van der Waals surface area contributed by atoms with Crippen LogP contribution in [0.3, 0.4) is 0 Å². The summed E-state index contributed by atoms with van der Waals surface area (Å²) in [6.45, 7) is 19.5. The Balaban J connectivity index is 0.00000100. The first-order valence-electron chi connectivity index (χ1n) is 19.7. The minimum Gasteiger partial charge on any atom is -0.355 e. The van der Waals surface area contributed by atoms with Crippen molar-refractivity contribution in [3.8, 4) is 0 Å². The lowest BCUT2D eigenvalue weighted by molar-refractivity contribution is -0.143. The van der Waals surface area contributed by atoms with Crippen LogP contribution < -0.4 is 26.6 Å². The van der Waals surface area contributed by atoms with Gasteiger partial charge in [-0.05, 0) is 67.2 Å². The minimum absolute atomic E-state index is 0.0527. The topological polar surface area (TPSA) is 169 Å². The van der Waals surface area contributed by atoms with Gasteiger partial charge in [0.25, 0.3) is 0 Å². The zero-order chi connectivity index (χ0) is 40.3. The van der Waals surface area contributed by atoms with E-state index in [4.69, 9.17) is 0 Å². The zero-order valence-electron chi connectivity index (χ0n) is 33.8. The summed E-state index contributed by atoms with van der Waals surface area (Å²) in [5, 5.41) is 17.0. The molecule has 1 aliphatic heterocycles. The molecule has 5 amide bonds. The third kappa shape index (κ3) is 15.7. The van der Waals surface area contributed by atoms with Gasteiger partial charge in [0, 0.05) is 49.1 Å². The van der Waals surface area contributed by atoms with Crippen molar-refractivity contribution in [1.82, 2.24) is 31.5 Å². The average Bonchev–Trinajstić information content (AvgIpc) is 3.59. The molecule has 1 saturated heterocycles. The summed E-state index contributed by atoms with van der Waals surface area (Å²) < 4.78 is 9.50. The molecule has 4 atom stereocenters. The van der Waals surface area contributed by atoms with Gasteiger partial charge in [0.2, 0.25) is 18.2 Å². The van der Waals surface area contributed by atoms with Crippen LogP contribution in [0.5, 0.6) is 0 Å². The number of urea groups is 1. The maximum absolute atomic E-state index is 14.4. The predicted molar refractivity (Wildman–Crippen MR) is 219 cm³/mol. The lowest BCUT2D eigenvalue weighted by Crippen LogP contribution is -2.62. The third-order valence-electron chi connectivity index (χ3n) is 10.3. The molecule has 0 spiro atoms. The second kappa shape index (κ2) is 23.9. The number of nitrogens with one attached hydrogen (secondary N) is 5. The Labute approximate surface area is 332 Å². The van der Waals surface area contributed by atoms with Gasteiger partial charge in [0.1, 0.15) is 12.1 Å². The van der Waals surface area contributed by atoms with Crippen molar-refractivity contribution in [2.24, 2.45) is 16.7 Å². The van der Waals surface area contributed by atoms with Crippen LogP contribution in [-0.4, -0.2) is 83.3 Å². The highest BCUT2D eigenvalue weighted by molar-refractivity contribution is 7.94. The van der Waals surface area contributed by atoms with E-state index in [1.807, 2.05) is 11.4 Å². The Kier molecular flexibility index (Phi) is 20.9. The number of carbonyl (C=O) groups is 5. The fourth-order valence-corrected chi connectivity index (χ4v) is 8.22. The molecule has 14 heteroatoms. The highest BCUT2D eigenvalue weighted by Gasteiger charge is 2.46. The van der Waals surface area contributed by atoms with Crippen LogP contribution in [0.25, 0.3) is 0 Å². The van der Waals surface area contributed by atoms with Crippen molar-refractivity contribution in [3.05, 3.63) is 29.0 Å². The molecule has 54 heavy (non-hydrogen) atoms. The van der Waals surface area contributed by atoms with Gasteiger partial charge >= 0.3 is 6.03 Å². The molecular formula is C40H68N6O6S2. The molecule has 2 aliphatic carbocycles. The first kappa shape index (κ1) is 47.2. The molecule has 3 fully saturated rings. The molecular weight excluding hydrogens is 725 g/mol. The number of Topliss-reactive ketones (excluding diaryl/α,β-unsaturated/α-hetero) is 1. The summed E-state index contributed by atoms with van der Waals surface area (Å²) in [4.78, 5) is 66.7. The Hall–Kier alpha value is -2.94. The number of nitrogens with zero attached hydrogens (tertiary/aromatic N) is 1. The van der Waals surface area contributed by atoms with Gasteiger partial charge in [-0.15, -0.1) is 17.9 Å². The molecule has 0 aromatic carbocycles. The lowest BCUT2D eigenvalue weighted by atomic mass is 9.70. The summed E-state index contributed by atoms with van der Waals surface area (Å²) in [6.07, 6.45) is 12.3. The standard InChI is InChI=1S/C33H53N5O5S2.C4H7NO.C3H8/c1-21(39)23(18-22-11-12-22)35-29(40)24-10-9-16-38(24)30(41)28(33(5)14-7-6-8-15-33)37-31(42)36-27(32(2,3)4)20-34-19-26-25(45-43)13-17-44-26;1-2-3-5-4-6;1-3-2/h13,17,22-24,27-28,34,43H,6-12,14-16,18-20H2,1-5H3,(H,35,40)(H2,36,37,42);2,4H,1,3H2,(H,5,6);3H2,1-2H3. The van der Waals surface area contributed by atoms with Crippen molar-refractivity contribution in [1.29, 1.82) is 0 Å². The van der Waals surface area contributed by atoms with Crippen LogP contribution in [0.2, 0.25) is 0 Å². The second-order valence-electron chi connectivity index (χ2n) is 16.2. The van der Waals surface area contributed by atoms with Crippen LogP contribution in [0, 0.1) is 16.7 Å². The fraction of sp³-hybridized carbons (Fsp3) is 0.725. The summed E-state index contributed by atoms with van der Waals surface area (Å²) in [7, 11) is 0. The number of likely N-dealkylation sites (tertiary alicyclic amines) is 1. The number of carbonyl (C=O) groups excluding carboxylic acids is 5. The Morgan fingerprint density at radius 2 is 1.74 bits per heavy atom. The van der Waals surface area contributed by atoms with E-state index < -0.39 is 29.6 Å². The van der Waals surface area contributed by atoms with E-state index in [0.717, 1.165) is 66.8 Å². The summed E-state index contributed by atoms with van der Waals surface area (Å²) in [5.41, 5.74) is -0.703. The second-order valence-corrected chi connectivity index (χ2v) is 17.8. The molecule has 306 valence electrons. The molecule has 1 aromatic rings. The molecule has 2 saturated carbocycles. The Morgan fingerprint density at radius 3 is 2.28 bits per heavy atom. The molecule has 1 aromatic heterocycles. The monoisotopic (exact) mass is 792 g/mol. The lowest BCUT2D eigenvalue weighted by Gasteiger charge is -2.42. The van der Waals surface area contributed by atoms with Crippen LogP contribution in [0.15, 0.2) is 29.0 Å². The van der Waals surface area contributed by atoms with Crippen LogP contribution in [0.4, 0.5) is 4.79 Å². The third-order valence-corrected chi connectivity index (χ3v) is 11.9. The SMILES string of the molecule is C=CCNC=O.CC(=O)C(CC1CC1)NC(=O)C1CCCN1C(=O)C(NC(=O)NC(CNCc1sccc1SO)C(C)(C)C)C1(C)CCCCC1.CCC. The quantitative estimate of drug-likeness (QED) is 0.0441. The maximum atomic E-state index is 14.4. The first-order chi connectivity index (χ1) is 25.6. The number of hydrogen-bond donors (Lipinski definition) is 6. The molecule has 4 rings (SSSR count). The molecule has 3 aliphatic rings.